The Hall–Kier alpha value is -1.10. The summed E-state index contributed by atoms with van der Waals surface area (Å²) in [6.07, 6.45) is -4.82. The summed E-state index contributed by atoms with van der Waals surface area (Å²) in [6, 6.07) is 1.55. The first-order chi connectivity index (χ1) is 9.26. The summed E-state index contributed by atoms with van der Waals surface area (Å²) < 4.78 is 57.1. The SMILES string of the molecule is FC1(F)CN(c2cnc3[nH]cc(I)c3c2)CC(F)(F)O1. The number of fused-ring (bicyclic) bond motifs is 1. The molecule has 1 aliphatic heterocycles. The maximum Gasteiger partial charge on any atom is 0.377 e. The third-order valence-corrected chi connectivity index (χ3v) is 3.77. The van der Waals surface area contributed by atoms with Crippen LogP contribution in [0.2, 0.25) is 0 Å². The fourth-order valence-electron chi connectivity index (χ4n) is 2.10. The minimum Gasteiger partial charge on any atom is -0.353 e. The van der Waals surface area contributed by atoms with Gasteiger partial charge in [-0.3, -0.25) is 4.74 Å². The predicted octanol–water partition coefficient (Wildman–Crippen LogP) is 3.19. The number of rotatable bonds is 1. The number of alkyl halides is 4. The van der Waals surface area contributed by atoms with Crippen molar-refractivity contribution in [3.8, 4) is 0 Å². The number of morpholine rings is 1. The van der Waals surface area contributed by atoms with Gasteiger partial charge < -0.3 is 9.88 Å². The van der Waals surface area contributed by atoms with E-state index in [1.807, 2.05) is 22.6 Å². The van der Waals surface area contributed by atoms with Crippen LogP contribution in [-0.2, 0) is 4.74 Å². The Morgan fingerprint density at radius 2 is 1.90 bits per heavy atom. The van der Waals surface area contributed by atoms with E-state index in [1.165, 1.54) is 6.20 Å². The highest BCUT2D eigenvalue weighted by molar-refractivity contribution is 14.1. The van der Waals surface area contributed by atoms with Crippen LogP contribution in [0.4, 0.5) is 23.2 Å². The Morgan fingerprint density at radius 3 is 2.55 bits per heavy atom. The fraction of sp³-hybridized carbons (Fsp3) is 0.364. The summed E-state index contributed by atoms with van der Waals surface area (Å²) in [5, 5.41) is 0.696. The van der Waals surface area contributed by atoms with E-state index in [0.717, 1.165) is 8.47 Å². The largest absolute Gasteiger partial charge is 0.377 e. The van der Waals surface area contributed by atoms with Crippen LogP contribution in [0.25, 0.3) is 11.0 Å². The number of nitrogens with zero attached hydrogens (tertiary/aromatic N) is 2. The number of pyridine rings is 1. The average Bonchev–Trinajstić information content (AvgIpc) is 2.67. The van der Waals surface area contributed by atoms with Crippen LogP contribution in [0.5, 0.6) is 0 Å². The standard InChI is InChI=1S/C11H8F4IN3O/c12-10(13)4-19(5-11(14,15)20-10)6-1-7-8(16)3-18-9(7)17-2-6/h1-3H,4-5H2,(H,17,18). The monoisotopic (exact) mass is 401 g/mol. The Bertz CT molecular complexity index is 644. The second-order valence-electron chi connectivity index (χ2n) is 4.46. The molecule has 3 heterocycles. The lowest BCUT2D eigenvalue weighted by Crippen LogP contribution is -2.55. The van der Waals surface area contributed by atoms with Gasteiger partial charge in [-0.25, -0.2) is 4.98 Å². The van der Waals surface area contributed by atoms with Crippen molar-refractivity contribution < 1.29 is 22.3 Å². The van der Waals surface area contributed by atoms with Crippen molar-refractivity contribution in [2.45, 2.75) is 12.2 Å². The molecule has 0 amide bonds. The molecule has 0 aromatic carbocycles. The number of anilines is 1. The van der Waals surface area contributed by atoms with E-state index in [1.54, 1.807) is 12.3 Å². The second kappa shape index (κ2) is 4.45. The van der Waals surface area contributed by atoms with E-state index in [2.05, 4.69) is 14.7 Å². The van der Waals surface area contributed by atoms with E-state index in [0.29, 0.717) is 11.0 Å². The first-order valence-electron chi connectivity index (χ1n) is 5.59. The first kappa shape index (κ1) is 13.9. The molecule has 1 fully saturated rings. The number of hydrogen-bond acceptors (Lipinski definition) is 3. The summed E-state index contributed by atoms with van der Waals surface area (Å²) >= 11 is 2.04. The highest BCUT2D eigenvalue weighted by atomic mass is 127. The first-order valence-corrected chi connectivity index (χ1v) is 6.67. The van der Waals surface area contributed by atoms with Crippen LogP contribution in [-0.4, -0.2) is 35.3 Å². The van der Waals surface area contributed by atoms with Gasteiger partial charge in [0.15, 0.2) is 0 Å². The van der Waals surface area contributed by atoms with Crippen LogP contribution < -0.4 is 4.90 Å². The van der Waals surface area contributed by atoms with Gasteiger partial charge in [0.05, 0.1) is 11.9 Å². The molecule has 0 atom stereocenters. The zero-order chi connectivity index (χ0) is 14.5. The van der Waals surface area contributed by atoms with Gasteiger partial charge in [0.25, 0.3) is 0 Å². The Morgan fingerprint density at radius 1 is 1.25 bits per heavy atom. The average molecular weight is 401 g/mol. The Kier molecular flexibility index (Phi) is 3.08. The van der Waals surface area contributed by atoms with Crippen LogP contribution in [0, 0.1) is 3.57 Å². The molecule has 4 nitrogen and oxygen atoms in total. The lowest BCUT2D eigenvalue weighted by molar-refractivity contribution is -0.380. The summed E-state index contributed by atoms with van der Waals surface area (Å²) in [4.78, 5) is 7.81. The molecule has 2 aromatic rings. The molecule has 3 rings (SSSR count). The molecule has 1 N–H and O–H groups in total. The van der Waals surface area contributed by atoms with E-state index < -0.39 is 25.3 Å². The molecule has 0 bridgehead atoms. The van der Waals surface area contributed by atoms with Gasteiger partial charge in [-0.05, 0) is 28.7 Å². The summed E-state index contributed by atoms with van der Waals surface area (Å²) in [5.41, 5.74) is 0.780. The predicted molar refractivity (Wildman–Crippen MR) is 72.0 cm³/mol. The highest BCUT2D eigenvalue weighted by Gasteiger charge is 2.51. The minimum absolute atomic E-state index is 0.206. The van der Waals surface area contributed by atoms with Gasteiger partial charge in [-0.15, -0.1) is 0 Å². The number of ether oxygens (including phenoxy) is 1. The number of aromatic nitrogens is 2. The van der Waals surface area contributed by atoms with Gasteiger partial charge in [0.2, 0.25) is 0 Å². The Labute approximate surface area is 124 Å². The second-order valence-corrected chi connectivity index (χ2v) is 5.62. The lowest BCUT2D eigenvalue weighted by atomic mass is 10.2. The molecule has 1 aliphatic rings. The van der Waals surface area contributed by atoms with Gasteiger partial charge in [-0.2, -0.15) is 17.6 Å². The molecule has 0 saturated carbocycles. The summed E-state index contributed by atoms with van der Waals surface area (Å²) in [5.74, 6) is 0. The molecule has 108 valence electrons. The molecular formula is C11H8F4IN3O. The Balaban J connectivity index is 1.99. The third-order valence-electron chi connectivity index (χ3n) is 2.88. The molecule has 0 spiro atoms. The molecular weight excluding hydrogens is 393 g/mol. The molecule has 0 aliphatic carbocycles. The number of aromatic amines is 1. The molecule has 0 unspecified atom stereocenters. The van der Waals surface area contributed by atoms with E-state index in [9.17, 15) is 17.6 Å². The highest BCUT2D eigenvalue weighted by Crippen LogP contribution is 2.36. The van der Waals surface area contributed by atoms with E-state index in [4.69, 9.17) is 0 Å². The number of nitrogens with one attached hydrogen (secondary N) is 1. The zero-order valence-corrected chi connectivity index (χ0v) is 12.0. The van der Waals surface area contributed by atoms with Crippen molar-refractivity contribution in [1.82, 2.24) is 9.97 Å². The summed E-state index contributed by atoms with van der Waals surface area (Å²) in [7, 11) is 0. The molecule has 20 heavy (non-hydrogen) atoms. The minimum atomic E-state index is -3.90. The zero-order valence-electron chi connectivity index (χ0n) is 9.84. The molecule has 2 aromatic heterocycles. The maximum atomic E-state index is 13.2. The van der Waals surface area contributed by atoms with Crippen LogP contribution >= 0.6 is 22.6 Å². The number of H-pyrrole nitrogens is 1. The third kappa shape index (κ3) is 2.55. The number of halogens is 5. The van der Waals surface area contributed by atoms with Crippen LogP contribution in [0.15, 0.2) is 18.5 Å². The van der Waals surface area contributed by atoms with Crippen molar-refractivity contribution in [3.63, 3.8) is 0 Å². The van der Waals surface area contributed by atoms with Crippen LogP contribution in [0.1, 0.15) is 0 Å². The van der Waals surface area contributed by atoms with Gasteiger partial charge in [0, 0.05) is 15.2 Å². The topological polar surface area (TPSA) is 41.2 Å². The van der Waals surface area contributed by atoms with Crippen molar-refractivity contribution in [3.05, 3.63) is 22.0 Å². The molecule has 1 saturated heterocycles. The molecule has 9 heteroatoms. The normalized spacial score (nSPS) is 21.4. The van der Waals surface area contributed by atoms with Gasteiger partial charge in [0.1, 0.15) is 18.7 Å². The molecule has 0 radical (unpaired) electrons. The van der Waals surface area contributed by atoms with Crippen molar-refractivity contribution in [2.75, 3.05) is 18.0 Å². The fourth-order valence-corrected chi connectivity index (χ4v) is 2.67. The summed E-state index contributed by atoms with van der Waals surface area (Å²) in [6.45, 7) is -1.87. The van der Waals surface area contributed by atoms with Gasteiger partial charge in [-0.1, -0.05) is 0 Å². The van der Waals surface area contributed by atoms with Gasteiger partial charge >= 0.3 is 12.2 Å². The van der Waals surface area contributed by atoms with Crippen molar-refractivity contribution in [2.24, 2.45) is 0 Å². The smallest absolute Gasteiger partial charge is 0.353 e. The van der Waals surface area contributed by atoms with E-state index in [-0.39, 0.29) is 5.69 Å². The van der Waals surface area contributed by atoms with Crippen molar-refractivity contribution >= 4 is 39.3 Å². The number of hydrogen-bond donors (Lipinski definition) is 1. The maximum absolute atomic E-state index is 13.2. The van der Waals surface area contributed by atoms with E-state index >= 15 is 0 Å². The lowest BCUT2D eigenvalue weighted by Gasteiger charge is -2.37. The van der Waals surface area contributed by atoms with Crippen LogP contribution in [0.3, 0.4) is 0 Å². The van der Waals surface area contributed by atoms with Crippen molar-refractivity contribution in [1.29, 1.82) is 0 Å². The quantitative estimate of drug-likeness (QED) is 0.590.